The summed E-state index contributed by atoms with van der Waals surface area (Å²) >= 11 is 0. The number of nitrogens with one attached hydrogen (secondary N) is 3. The highest BCUT2D eigenvalue weighted by Crippen LogP contribution is 2.36. The van der Waals surface area contributed by atoms with E-state index in [4.69, 9.17) is 19.1 Å². The van der Waals surface area contributed by atoms with Gasteiger partial charge in [0.1, 0.15) is 21.8 Å². The highest BCUT2D eigenvalue weighted by molar-refractivity contribution is 7.92. The Morgan fingerprint density at radius 2 is 1.87 bits per heavy atom. The third-order valence-electron chi connectivity index (χ3n) is 5.47. The molecule has 0 aliphatic heterocycles. The summed E-state index contributed by atoms with van der Waals surface area (Å²) in [5.74, 6) is -0.218. The minimum absolute atomic E-state index is 0.0298. The highest BCUT2D eigenvalue weighted by Gasteiger charge is 2.25. The molecule has 38 heavy (non-hydrogen) atoms. The number of amides is 2. The van der Waals surface area contributed by atoms with Crippen LogP contribution in [-0.2, 0) is 23.1 Å². The van der Waals surface area contributed by atoms with E-state index in [1.165, 1.54) is 39.5 Å². The van der Waals surface area contributed by atoms with Gasteiger partial charge >= 0.3 is 6.09 Å². The Hall–Kier alpha value is -4.79. The van der Waals surface area contributed by atoms with Crippen LogP contribution in [0.5, 0.6) is 11.5 Å². The van der Waals surface area contributed by atoms with Gasteiger partial charge in [0, 0.05) is 30.9 Å². The largest absolute Gasteiger partial charge is 0.496 e. The Labute approximate surface area is 216 Å². The van der Waals surface area contributed by atoms with Crippen LogP contribution in [0.1, 0.15) is 21.5 Å². The van der Waals surface area contributed by atoms with Crippen LogP contribution in [0.3, 0.4) is 0 Å². The first-order chi connectivity index (χ1) is 18.1. The molecule has 0 spiro atoms. The van der Waals surface area contributed by atoms with Crippen molar-refractivity contribution in [3.63, 3.8) is 0 Å². The minimum Gasteiger partial charge on any atom is -0.496 e. The van der Waals surface area contributed by atoms with Crippen molar-refractivity contribution in [2.75, 3.05) is 26.0 Å². The minimum atomic E-state index is -4.21. The zero-order chi connectivity index (χ0) is 27.4. The second-order valence-corrected chi connectivity index (χ2v) is 9.61. The van der Waals surface area contributed by atoms with Gasteiger partial charge in [-0.05, 0) is 35.9 Å². The standard InChI is InChI=1S/C23H24N6O8S/c1-24-22(30)15-4-5-19(16(8-15)35-2)38(33,34)28-21-20-17(36-3)6-13(7-18(20)37-27-21)11-29-12-14(10-26-29)9-25-23(31)32/h4-8,10,12,25H,9,11H2,1-3H3,(H,24,30)(H,27,28)(H,31,32). The number of sulfonamides is 1. The summed E-state index contributed by atoms with van der Waals surface area (Å²) in [5.41, 5.74) is 1.88. The van der Waals surface area contributed by atoms with Crippen LogP contribution in [0, 0.1) is 0 Å². The summed E-state index contributed by atoms with van der Waals surface area (Å²) in [4.78, 5) is 22.4. The predicted octanol–water partition coefficient (Wildman–Crippen LogP) is 2.02. The van der Waals surface area contributed by atoms with Crippen LogP contribution in [0.2, 0.25) is 0 Å². The molecule has 0 unspecified atom stereocenters. The van der Waals surface area contributed by atoms with Crippen molar-refractivity contribution in [3.8, 4) is 11.5 Å². The van der Waals surface area contributed by atoms with Gasteiger partial charge in [-0.25, -0.2) is 13.2 Å². The lowest BCUT2D eigenvalue weighted by atomic mass is 10.1. The number of anilines is 1. The lowest BCUT2D eigenvalue weighted by Crippen LogP contribution is -2.19. The summed E-state index contributed by atoms with van der Waals surface area (Å²) < 4.78 is 46.5. The van der Waals surface area contributed by atoms with E-state index in [2.05, 4.69) is 25.6 Å². The normalized spacial score (nSPS) is 11.2. The molecule has 0 saturated carbocycles. The number of aromatic nitrogens is 3. The van der Waals surface area contributed by atoms with Crippen molar-refractivity contribution in [2.24, 2.45) is 0 Å². The van der Waals surface area contributed by atoms with Crippen molar-refractivity contribution in [1.82, 2.24) is 25.6 Å². The van der Waals surface area contributed by atoms with Crippen molar-refractivity contribution in [2.45, 2.75) is 18.0 Å². The van der Waals surface area contributed by atoms with Gasteiger partial charge in [-0.1, -0.05) is 5.16 Å². The molecule has 4 rings (SSSR count). The van der Waals surface area contributed by atoms with Crippen molar-refractivity contribution < 1.29 is 37.1 Å². The molecule has 0 fully saturated rings. The number of rotatable bonds is 10. The van der Waals surface area contributed by atoms with Crippen LogP contribution in [0.15, 0.2) is 52.1 Å². The zero-order valence-corrected chi connectivity index (χ0v) is 21.3. The quantitative estimate of drug-likeness (QED) is 0.230. The van der Waals surface area contributed by atoms with E-state index in [1.807, 2.05) is 0 Å². The Morgan fingerprint density at radius 3 is 2.55 bits per heavy atom. The highest BCUT2D eigenvalue weighted by atomic mass is 32.2. The molecule has 2 heterocycles. The molecule has 0 aliphatic rings. The Balaban J connectivity index is 1.62. The van der Waals surface area contributed by atoms with Gasteiger partial charge in [-0.2, -0.15) is 5.10 Å². The number of nitrogens with zero attached hydrogens (tertiary/aromatic N) is 3. The molecular weight excluding hydrogens is 520 g/mol. The fraction of sp³-hybridized carbons (Fsp3) is 0.217. The maximum Gasteiger partial charge on any atom is 0.404 e. The molecule has 4 aromatic rings. The fourth-order valence-electron chi connectivity index (χ4n) is 3.72. The average molecular weight is 545 g/mol. The van der Waals surface area contributed by atoms with Gasteiger partial charge in [-0.15, -0.1) is 0 Å². The number of carbonyl (C=O) groups excluding carboxylic acids is 1. The molecule has 14 nitrogen and oxygen atoms in total. The summed E-state index contributed by atoms with van der Waals surface area (Å²) in [7, 11) is -0.0262. The number of carboxylic acid groups (broad SMARTS) is 1. The van der Waals surface area contributed by atoms with Gasteiger partial charge in [0.15, 0.2) is 11.4 Å². The number of carbonyl (C=O) groups is 2. The molecule has 15 heteroatoms. The molecular formula is C23H24N6O8S. The maximum absolute atomic E-state index is 13.2. The summed E-state index contributed by atoms with van der Waals surface area (Å²) in [5, 5.41) is 21.9. The molecule has 0 aliphatic carbocycles. The van der Waals surface area contributed by atoms with E-state index >= 15 is 0 Å². The van der Waals surface area contributed by atoms with Crippen LogP contribution < -0.4 is 24.8 Å². The first-order valence-electron chi connectivity index (χ1n) is 11.0. The number of fused-ring (bicyclic) bond motifs is 1. The van der Waals surface area contributed by atoms with E-state index in [1.54, 1.807) is 29.2 Å². The number of hydrogen-bond donors (Lipinski definition) is 4. The van der Waals surface area contributed by atoms with Crippen LogP contribution >= 0.6 is 0 Å². The fourth-order valence-corrected chi connectivity index (χ4v) is 4.88. The second-order valence-electron chi connectivity index (χ2n) is 7.96. The van der Waals surface area contributed by atoms with Gasteiger partial charge in [0.25, 0.3) is 15.9 Å². The summed E-state index contributed by atoms with van der Waals surface area (Å²) in [6, 6.07) is 7.29. The van der Waals surface area contributed by atoms with Gasteiger partial charge < -0.3 is 29.7 Å². The van der Waals surface area contributed by atoms with Crippen LogP contribution in [-0.4, -0.2) is 61.7 Å². The lowest BCUT2D eigenvalue weighted by molar-refractivity contribution is 0.0962. The third-order valence-corrected chi connectivity index (χ3v) is 6.84. The molecule has 2 aromatic carbocycles. The van der Waals surface area contributed by atoms with E-state index in [0.717, 1.165) is 0 Å². The Kier molecular flexibility index (Phi) is 7.38. The predicted molar refractivity (Wildman–Crippen MR) is 134 cm³/mol. The number of ether oxygens (including phenoxy) is 2. The zero-order valence-electron chi connectivity index (χ0n) is 20.5. The molecule has 4 N–H and O–H groups in total. The lowest BCUT2D eigenvalue weighted by Gasteiger charge is -2.12. The second kappa shape index (κ2) is 10.7. The molecule has 2 aromatic heterocycles. The average Bonchev–Trinajstić information content (AvgIpc) is 3.52. The van der Waals surface area contributed by atoms with Gasteiger partial charge in [0.05, 0.1) is 27.0 Å². The Morgan fingerprint density at radius 1 is 1.11 bits per heavy atom. The molecule has 0 bridgehead atoms. The van der Waals surface area contributed by atoms with Crippen molar-refractivity contribution in [3.05, 3.63) is 59.4 Å². The summed E-state index contributed by atoms with van der Waals surface area (Å²) in [6.45, 7) is 0.415. The number of methoxy groups -OCH3 is 2. The maximum atomic E-state index is 13.2. The van der Waals surface area contributed by atoms with Gasteiger partial charge in [-0.3, -0.25) is 14.2 Å². The van der Waals surface area contributed by atoms with Crippen molar-refractivity contribution >= 4 is 38.8 Å². The van der Waals surface area contributed by atoms with E-state index in [-0.39, 0.29) is 34.2 Å². The topological polar surface area (TPSA) is 187 Å². The first-order valence-corrected chi connectivity index (χ1v) is 12.5. The molecule has 2 amide bonds. The number of benzene rings is 2. The monoisotopic (exact) mass is 544 g/mol. The summed E-state index contributed by atoms with van der Waals surface area (Å²) in [6.07, 6.45) is 2.10. The van der Waals surface area contributed by atoms with Crippen LogP contribution in [0.25, 0.3) is 11.0 Å². The SMILES string of the molecule is CNC(=O)c1ccc(S(=O)(=O)Nc2noc3cc(Cn4cc(CNC(=O)O)cn4)cc(OC)c23)c(OC)c1. The van der Waals surface area contributed by atoms with E-state index in [0.29, 0.717) is 28.8 Å². The van der Waals surface area contributed by atoms with Gasteiger partial charge in [0.2, 0.25) is 0 Å². The molecule has 0 saturated heterocycles. The first kappa shape index (κ1) is 26.3. The molecule has 200 valence electrons. The smallest absolute Gasteiger partial charge is 0.404 e. The van der Waals surface area contributed by atoms with E-state index in [9.17, 15) is 18.0 Å². The van der Waals surface area contributed by atoms with Crippen molar-refractivity contribution in [1.29, 1.82) is 0 Å². The molecule has 0 radical (unpaired) electrons. The van der Waals surface area contributed by atoms with Crippen LogP contribution in [0.4, 0.5) is 10.6 Å². The third kappa shape index (κ3) is 5.46. The number of hydrogen-bond acceptors (Lipinski definition) is 9. The molecule has 0 atom stereocenters. The van der Waals surface area contributed by atoms with E-state index < -0.39 is 22.0 Å². The Bertz CT molecular complexity index is 1610.